The van der Waals surface area contributed by atoms with Crippen molar-refractivity contribution < 1.29 is 14.3 Å². The number of carbonyl (C=O) groups excluding carboxylic acids is 2. The molecule has 5 nitrogen and oxygen atoms in total. The summed E-state index contributed by atoms with van der Waals surface area (Å²) in [6.07, 6.45) is 3.54. The molecule has 0 atom stereocenters. The third-order valence-electron chi connectivity index (χ3n) is 3.06. The smallest absolute Gasteiger partial charge is 0.337 e. The summed E-state index contributed by atoms with van der Waals surface area (Å²) in [5.41, 5.74) is 1.24. The predicted molar refractivity (Wildman–Crippen MR) is 83.7 cm³/mol. The fraction of sp³-hybridized carbons (Fsp3) is 0.400. The minimum absolute atomic E-state index is 0.0179. The third-order valence-corrected chi connectivity index (χ3v) is 4.00. The number of esters is 1. The van der Waals surface area contributed by atoms with Gasteiger partial charge in [-0.25, -0.2) is 9.78 Å². The molecule has 2 rings (SSSR count). The highest BCUT2D eigenvalue weighted by Crippen LogP contribution is 2.27. The van der Waals surface area contributed by atoms with Crippen LogP contribution in [0.15, 0.2) is 18.2 Å². The SMILES string of the molecule is CCCCCC(=O)Nc1nc2ccc(C(=O)OC)cc2s1. The summed E-state index contributed by atoms with van der Waals surface area (Å²) in [4.78, 5) is 27.6. The van der Waals surface area contributed by atoms with Gasteiger partial charge in [0.25, 0.3) is 0 Å². The average molecular weight is 306 g/mol. The van der Waals surface area contributed by atoms with Gasteiger partial charge in [0.1, 0.15) is 0 Å². The first kappa shape index (κ1) is 15.4. The maximum absolute atomic E-state index is 11.8. The van der Waals surface area contributed by atoms with Gasteiger partial charge < -0.3 is 10.1 Å². The van der Waals surface area contributed by atoms with Gasteiger partial charge in [-0.05, 0) is 24.6 Å². The van der Waals surface area contributed by atoms with Gasteiger partial charge in [-0.15, -0.1) is 0 Å². The van der Waals surface area contributed by atoms with E-state index in [1.54, 1.807) is 18.2 Å². The number of unbranched alkanes of at least 4 members (excludes halogenated alkanes) is 2. The van der Waals surface area contributed by atoms with Crippen molar-refractivity contribution in [2.24, 2.45) is 0 Å². The van der Waals surface area contributed by atoms with Crippen LogP contribution in [-0.4, -0.2) is 24.0 Å². The Bertz CT molecular complexity index is 651. The standard InChI is InChI=1S/C15H18N2O3S/c1-3-4-5-6-13(18)17-15-16-11-8-7-10(14(19)20-2)9-12(11)21-15/h7-9H,3-6H2,1-2H3,(H,16,17,18). The van der Waals surface area contributed by atoms with Crippen molar-refractivity contribution in [2.75, 3.05) is 12.4 Å². The number of aromatic nitrogens is 1. The molecule has 0 aliphatic heterocycles. The molecule has 21 heavy (non-hydrogen) atoms. The van der Waals surface area contributed by atoms with Crippen LogP contribution in [0.25, 0.3) is 10.2 Å². The maximum Gasteiger partial charge on any atom is 0.337 e. The summed E-state index contributed by atoms with van der Waals surface area (Å²) >= 11 is 1.36. The summed E-state index contributed by atoms with van der Waals surface area (Å²) in [5.74, 6) is -0.397. The summed E-state index contributed by atoms with van der Waals surface area (Å²) in [7, 11) is 1.35. The van der Waals surface area contributed by atoms with E-state index in [-0.39, 0.29) is 11.9 Å². The first-order valence-corrected chi connectivity index (χ1v) is 7.74. The maximum atomic E-state index is 11.8. The topological polar surface area (TPSA) is 68.3 Å². The van der Waals surface area contributed by atoms with E-state index < -0.39 is 0 Å². The van der Waals surface area contributed by atoms with Gasteiger partial charge in [0.05, 0.1) is 22.9 Å². The number of hydrogen-bond donors (Lipinski definition) is 1. The van der Waals surface area contributed by atoms with Gasteiger partial charge in [-0.3, -0.25) is 4.79 Å². The number of methoxy groups -OCH3 is 1. The monoisotopic (exact) mass is 306 g/mol. The Labute approximate surface area is 127 Å². The molecule has 0 fully saturated rings. The highest BCUT2D eigenvalue weighted by molar-refractivity contribution is 7.22. The molecule has 0 bridgehead atoms. The number of fused-ring (bicyclic) bond motifs is 1. The lowest BCUT2D eigenvalue weighted by molar-refractivity contribution is -0.116. The minimum atomic E-state index is -0.379. The Morgan fingerprint density at radius 1 is 1.33 bits per heavy atom. The molecule has 1 N–H and O–H groups in total. The Morgan fingerprint density at radius 3 is 2.86 bits per heavy atom. The van der Waals surface area contributed by atoms with E-state index in [0.29, 0.717) is 17.1 Å². The zero-order valence-electron chi connectivity index (χ0n) is 12.1. The van der Waals surface area contributed by atoms with Crippen molar-refractivity contribution in [1.82, 2.24) is 4.98 Å². The number of amides is 1. The second-order valence-electron chi connectivity index (χ2n) is 4.70. The highest BCUT2D eigenvalue weighted by atomic mass is 32.1. The average Bonchev–Trinajstić information content (AvgIpc) is 2.87. The molecule has 0 radical (unpaired) electrons. The van der Waals surface area contributed by atoms with Gasteiger partial charge in [0.2, 0.25) is 5.91 Å². The second kappa shape index (κ2) is 7.17. The van der Waals surface area contributed by atoms with E-state index >= 15 is 0 Å². The molecule has 6 heteroatoms. The summed E-state index contributed by atoms with van der Waals surface area (Å²) in [6.45, 7) is 2.10. The van der Waals surface area contributed by atoms with Crippen LogP contribution >= 0.6 is 11.3 Å². The van der Waals surface area contributed by atoms with Crippen molar-refractivity contribution in [1.29, 1.82) is 0 Å². The molecular weight excluding hydrogens is 288 g/mol. The van der Waals surface area contributed by atoms with Crippen LogP contribution in [0.5, 0.6) is 0 Å². The molecule has 112 valence electrons. The van der Waals surface area contributed by atoms with Crippen molar-refractivity contribution in [2.45, 2.75) is 32.6 Å². The molecule has 1 aromatic carbocycles. The number of thiazole rings is 1. The van der Waals surface area contributed by atoms with Crippen LogP contribution in [-0.2, 0) is 9.53 Å². The molecule has 1 heterocycles. The van der Waals surface area contributed by atoms with E-state index in [0.717, 1.165) is 29.5 Å². The molecule has 1 aromatic heterocycles. The molecule has 0 aliphatic carbocycles. The number of nitrogens with one attached hydrogen (secondary N) is 1. The summed E-state index contributed by atoms with van der Waals surface area (Å²) < 4.78 is 5.54. The van der Waals surface area contributed by atoms with Gasteiger partial charge in [0.15, 0.2) is 5.13 Å². The predicted octanol–water partition coefficient (Wildman–Crippen LogP) is 3.60. The van der Waals surface area contributed by atoms with Crippen molar-refractivity contribution in [3.63, 3.8) is 0 Å². The van der Waals surface area contributed by atoms with Crippen molar-refractivity contribution in [3.8, 4) is 0 Å². The molecule has 0 unspecified atom stereocenters. The lowest BCUT2D eigenvalue weighted by Gasteiger charge is -1.99. The van der Waals surface area contributed by atoms with Crippen molar-refractivity contribution >= 4 is 38.6 Å². The molecule has 0 saturated heterocycles. The molecule has 0 saturated carbocycles. The Morgan fingerprint density at radius 2 is 2.14 bits per heavy atom. The van der Waals surface area contributed by atoms with Crippen LogP contribution in [0, 0.1) is 0 Å². The van der Waals surface area contributed by atoms with Crippen LogP contribution in [0.3, 0.4) is 0 Å². The molecule has 1 amide bonds. The van der Waals surface area contributed by atoms with E-state index in [9.17, 15) is 9.59 Å². The van der Waals surface area contributed by atoms with Gasteiger partial charge in [0, 0.05) is 6.42 Å². The number of hydrogen-bond acceptors (Lipinski definition) is 5. The molecular formula is C15H18N2O3S. The molecule has 0 aliphatic rings. The lowest BCUT2D eigenvalue weighted by atomic mass is 10.2. The number of carbonyl (C=O) groups is 2. The van der Waals surface area contributed by atoms with Gasteiger partial charge >= 0.3 is 5.97 Å². The Kier molecular flexibility index (Phi) is 5.27. The van der Waals surface area contributed by atoms with Gasteiger partial charge in [-0.1, -0.05) is 31.1 Å². The van der Waals surface area contributed by atoms with E-state index in [1.165, 1.54) is 18.4 Å². The van der Waals surface area contributed by atoms with Crippen molar-refractivity contribution in [3.05, 3.63) is 23.8 Å². The Balaban J connectivity index is 2.08. The number of nitrogens with zero attached hydrogens (tertiary/aromatic N) is 1. The fourth-order valence-corrected chi connectivity index (χ4v) is 2.86. The largest absolute Gasteiger partial charge is 0.465 e. The van der Waals surface area contributed by atoms with E-state index in [1.807, 2.05) is 0 Å². The fourth-order valence-electron chi connectivity index (χ4n) is 1.94. The van der Waals surface area contributed by atoms with Gasteiger partial charge in [-0.2, -0.15) is 0 Å². The number of rotatable bonds is 6. The third kappa shape index (κ3) is 4.01. The highest BCUT2D eigenvalue weighted by Gasteiger charge is 2.11. The minimum Gasteiger partial charge on any atom is -0.465 e. The number of ether oxygens (including phenoxy) is 1. The lowest BCUT2D eigenvalue weighted by Crippen LogP contribution is -2.10. The van der Waals surface area contributed by atoms with Crippen LogP contribution in [0.2, 0.25) is 0 Å². The molecule has 0 spiro atoms. The summed E-state index contributed by atoms with van der Waals surface area (Å²) in [6, 6.07) is 5.15. The van der Waals surface area contributed by atoms with Crippen LogP contribution < -0.4 is 5.32 Å². The van der Waals surface area contributed by atoms with E-state index in [2.05, 4.69) is 22.0 Å². The summed E-state index contributed by atoms with van der Waals surface area (Å²) in [5, 5.41) is 3.37. The van der Waals surface area contributed by atoms with Crippen LogP contribution in [0.4, 0.5) is 5.13 Å². The van der Waals surface area contributed by atoms with E-state index in [4.69, 9.17) is 0 Å². The number of anilines is 1. The van der Waals surface area contributed by atoms with Crippen LogP contribution in [0.1, 0.15) is 43.0 Å². The quantitative estimate of drug-likeness (QED) is 0.654. The zero-order chi connectivity index (χ0) is 15.2. The first-order valence-electron chi connectivity index (χ1n) is 6.92. The first-order chi connectivity index (χ1) is 10.1. The zero-order valence-corrected chi connectivity index (χ0v) is 13.0. The second-order valence-corrected chi connectivity index (χ2v) is 5.73. The number of benzene rings is 1. The normalized spacial score (nSPS) is 10.6. The Hall–Kier alpha value is -1.95. The molecule has 2 aromatic rings.